The number of hydrogen-bond donors (Lipinski definition) is 1. The maximum atomic E-state index is 13.3. The second kappa shape index (κ2) is 6.73. The molecule has 0 amide bonds. The van der Waals surface area contributed by atoms with Gasteiger partial charge < -0.3 is 14.8 Å². The van der Waals surface area contributed by atoms with Crippen LogP contribution >= 0.6 is 0 Å². The molecule has 0 aromatic heterocycles. The molecule has 1 fully saturated rings. The van der Waals surface area contributed by atoms with E-state index in [4.69, 9.17) is 9.47 Å². The van der Waals surface area contributed by atoms with E-state index in [2.05, 4.69) is 17.1 Å². The Labute approximate surface area is 113 Å². The second-order valence-electron chi connectivity index (χ2n) is 4.62. The minimum absolute atomic E-state index is 0.171. The van der Waals surface area contributed by atoms with Crippen molar-refractivity contribution in [2.24, 2.45) is 0 Å². The highest BCUT2D eigenvalue weighted by Crippen LogP contribution is 2.21. The first-order chi connectivity index (χ1) is 9.22. The monoisotopic (exact) mass is 268 g/mol. The van der Waals surface area contributed by atoms with Crippen LogP contribution < -0.4 is 10.1 Å². The van der Waals surface area contributed by atoms with Crippen molar-refractivity contribution in [2.45, 2.75) is 13.0 Å². The van der Waals surface area contributed by atoms with Crippen LogP contribution in [0.25, 0.3) is 0 Å². The van der Waals surface area contributed by atoms with Gasteiger partial charge in [-0.1, -0.05) is 6.92 Å². The predicted molar refractivity (Wildman–Crippen MR) is 73.3 cm³/mol. The Morgan fingerprint density at radius 2 is 2.37 bits per heavy atom. The highest BCUT2D eigenvalue weighted by atomic mass is 19.1. The average molecular weight is 268 g/mol. The molecule has 1 aromatic carbocycles. The molecule has 1 aromatic rings. The van der Waals surface area contributed by atoms with Crippen LogP contribution in [0.4, 0.5) is 10.1 Å². The average Bonchev–Trinajstić information content (AvgIpc) is 2.46. The number of ether oxygens (including phenoxy) is 2. The Morgan fingerprint density at radius 1 is 1.53 bits per heavy atom. The highest BCUT2D eigenvalue weighted by molar-refractivity contribution is 5.48. The topological polar surface area (TPSA) is 33.7 Å². The van der Waals surface area contributed by atoms with Crippen molar-refractivity contribution in [3.8, 4) is 5.75 Å². The molecule has 1 saturated heterocycles. The molecule has 106 valence electrons. The molecule has 5 heteroatoms. The van der Waals surface area contributed by atoms with E-state index in [1.165, 1.54) is 13.2 Å². The van der Waals surface area contributed by atoms with Gasteiger partial charge in [0.15, 0.2) is 11.6 Å². The van der Waals surface area contributed by atoms with Crippen LogP contribution in [0.15, 0.2) is 18.2 Å². The largest absolute Gasteiger partial charge is 0.494 e. The van der Waals surface area contributed by atoms with Gasteiger partial charge >= 0.3 is 0 Å². The molecule has 0 bridgehead atoms. The molecule has 1 aliphatic rings. The maximum absolute atomic E-state index is 13.3. The van der Waals surface area contributed by atoms with E-state index in [1.54, 1.807) is 12.1 Å². The molecule has 0 spiro atoms. The minimum Gasteiger partial charge on any atom is -0.494 e. The molecular formula is C14H21FN2O2. The number of methoxy groups -OCH3 is 1. The van der Waals surface area contributed by atoms with E-state index in [9.17, 15) is 4.39 Å². The van der Waals surface area contributed by atoms with Gasteiger partial charge in [-0.2, -0.15) is 0 Å². The van der Waals surface area contributed by atoms with Crippen molar-refractivity contribution >= 4 is 5.69 Å². The number of morpholine rings is 1. The number of rotatable bonds is 5. The Morgan fingerprint density at radius 3 is 3.11 bits per heavy atom. The van der Waals surface area contributed by atoms with E-state index in [1.807, 2.05) is 0 Å². The number of hydrogen-bond acceptors (Lipinski definition) is 4. The molecule has 1 N–H and O–H groups in total. The van der Waals surface area contributed by atoms with Crippen LogP contribution in [-0.4, -0.2) is 50.9 Å². The van der Waals surface area contributed by atoms with E-state index in [-0.39, 0.29) is 17.7 Å². The predicted octanol–water partition coefficient (Wildman–Crippen LogP) is 1.97. The SMILES string of the molecule is CCN1CCOC(CNc2ccc(F)c(OC)c2)C1. The fourth-order valence-electron chi connectivity index (χ4n) is 2.19. The Kier molecular flexibility index (Phi) is 4.99. The zero-order chi connectivity index (χ0) is 13.7. The quantitative estimate of drug-likeness (QED) is 0.885. The fraction of sp³-hybridized carbons (Fsp3) is 0.571. The summed E-state index contributed by atoms with van der Waals surface area (Å²) in [7, 11) is 1.46. The molecule has 1 heterocycles. The first-order valence-corrected chi connectivity index (χ1v) is 6.64. The van der Waals surface area contributed by atoms with Gasteiger partial charge in [0.05, 0.1) is 19.8 Å². The van der Waals surface area contributed by atoms with Gasteiger partial charge in [-0.05, 0) is 18.7 Å². The van der Waals surface area contributed by atoms with Crippen LogP contribution in [-0.2, 0) is 4.74 Å². The normalized spacial score (nSPS) is 20.3. The van der Waals surface area contributed by atoms with Gasteiger partial charge in [-0.15, -0.1) is 0 Å². The molecule has 1 aliphatic heterocycles. The van der Waals surface area contributed by atoms with Crippen LogP contribution in [0, 0.1) is 5.82 Å². The lowest BCUT2D eigenvalue weighted by molar-refractivity contribution is -0.0191. The molecule has 0 radical (unpaired) electrons. The molecule has 0 saturated carbocycles. The second-order valence-corrected chi connectivity index (χ2v) is 4.62. The van der Waals surface area contributed by atoms with Crippen molar-refractivity contribution in [3.05, 3.63) is 24.0 Å². The summed E-state index contributed by atoms with van der Waals surface area (Å²) in [4.78, 5) is 2.36. The van der Waals surface area contributed by atoms with Gasteiger partial charge in [0.1, 0.15) is 0 Å². The molecular weight excluding hydrogens is 247 g/mol. The summed E-state index contributed by atoms with van der Waals surface area (Å²) < 4.78 is 23.9. The van der Waals surface area contributed by atoms with Crippen molar-refractivity contribution in [1.82, 2.24) is 4.90 Å². The lowest BCUT2D eigenvalue weighted by Crippen LogP contribution is -2.45. The third-order valence-electron chi connectivity index (χ3n) is 3.36. The minimum atomic E-state index is -0.348. The van der Waals surface area contributed by atoms with Crippen LogP contribution in [0.3, 0.4) is 0 Å². The number of nitrogens with zero attached hydrogens (tertiary/aromatic N) is 1. The smallest absolute Gasteiger partial charge is 0.165 e. The van der Waals surface area contributed by atoms with E-state index < -0.39 is 0 Å². The summed E-state index contributed by atoms with van der Waals surface area (Å²) in [5.74, 6) is -0.0936. The van der Waals surface area contributed by atoms with Gasteiger partial charge in [0.2, 0.25) is 0 Å². The molecule has 19 heavy (non-hydrogen) atoms. The van der Waals surface area contributed by atoms with E-state index in [0.717, 1.165) is 31.9 Å². The van der Waals surface area contributed by atoms with Crippen molar-refractivity contribution in [1.29, 1.82) is 0 Å². The summed E-state index contributed by atoms with van der Waals surface area (Å²) in [6.45, 7) is 6.61. The van der Waals surface area contributed by atoms with Crippen molar-refractivity contribution in [3.63, 3.8) is 0 Å². The zero-order valence-electron chi connectivity index (χ0n) is 11.5. The van der Waals surface area contributed by atoms with Gasteiger partial charge in [-0.3, -0.25) is 4.90 Å². The number of likely N-dealkylation sites (N-methyl/N-ethyl adjacent to an activating group) is 1. The summed E-state index contributed by atoms with van der Waals surface area (Å²) in [6.07, 6.45) is 0.171. The lowest BCUT2D eigenvalue weighted by Gasteiger charge is -2.32. The van der Waals surface area contributed by atoms with Crippen LogP contribution in [0.2, 0.25) is 0 Å². The summed E-state index contributed by atoms with van der Waals surface area (Å²) in [5.41, 5.74) is 0.843. The summed E-state index contributed by atoms with van der Waals surface area (Å²) >= 11 is 0. The van der Waals surface area contributed by atoms with Crippen LogP contribution in [0.5, 0.6) is 5.75 Å². The van der Waals surface area contributed by atoms with Crippen molar-refractivity contribution in [2.75, 3.05) is 45.2 Å². The lowest BCUT2D eigenvalue weighted by atomic mass is 10.2. The number of benzene rings is 1. The molecule has 0 aliphatic carbocycles. The molecule has 1 atom stereocenters. The maximum Gasteiger partial charge on any atom is 0.165 e. The van der Waals surface area contributed by atoms with Gasteiger partial charge in [-0.25, -0.2) is 4.39 Å². The number of nitrogens with one attached hydrogen (secondary N) is 1. The standard InChI is InChI=1S/C14H21FN2O2/c1-3-17-6-7-19-12(10-17)9-16-11-4-5-13(15)14(8-11)18-2/h4-5,8,12,16H,3,6-7,9-10H2,1-2H3. The molecule has 1 unspecified atom stereocenters. The Balaban J connectivity index is 1.88. The third-order valence-corrected chi connectivity index (χ3v) is 3.36. The summed E-state index contributed by atoms with van der Waals surface area (Å²) in [5, 5.41) is 3.26. The van der Waals surface area contributed by atoms with Gasteiger partial charge in [0.25, 0.3) is 0 Å². The fourth-order valence-corrected chi connectivity index (χ4v) is 2.19. The van der Waals surface area contributed by atoms with E-state index in [0.29, 0.717) is 6.54 Å². The third kappa shape index (κ3) is 3.81. The first-order valence-electron chi connectivity index (χ1n) is 6.64. The van der Waals surface area contributed by atoms with Crippen LogP contribution in [0.1, 0.15) is 6.92 Å². The van der Waals surface area contributed by atoms with Crippen molar-refractivity contribution < 1.29 is 13.9 Å². The Hall–Kier alpha value is -1.33. The highest BCUT2D eigenvalue weighted by Gasteiger charge is 2.18. The molecule has 2 rings (SSSR count). The number of anilines is 1. The zero-order valence-corrected chi connectivity index (χ0v) is 11.5. The van der Waals surface area contributed by atoms with Gasteiger partial charge in [0, 0.05) is 31.4 Å². The molecule has 4 nitrogen and oxygen atoms in total. The number of halogens is 1. The summed E-state index contributed by atoms with van der Waals surface area (Å²) in [6, 6.07) is 4.77. The first kappa shape index (κ1) is 14.1. The van der Waals surface area contributed by atoms with E-state index >= 15 is 0 Å². The Bertz CT molecular complexity index is 414.